The minimum atomic E-state index is -0.999. The van der Waals surface area contributed by atoms with Gasteiger partial charge in [0.1, 0.15) is 12.4 Å². The predicted molar refractivity (Wildman–Crippen MR) is 162 cm³/mol. The van der Waals surface area contributed by atoms with E-state index in [1.54, 1.807) is 36.4 Å². The van der Waals surface area contributed by atoms with Gasteiger partial charge in [0.05, 0.1) is 16.3 Å². The van der Waals surface area contributed by atoms with Crippen molar-refractivity contribution in [3.63, 3.8) is 0 Å². The number of hydrogen-bond acceptors (Lipinski definition) is 3. The van der Waals surface area contributed by atoms with E-state index in [4.69, 9.17) is 38.0 Å². The third kappa shape index (κ3) is 6.68. The van der Waals surface area contributed by atoms with Crippen LogP contribution in [-0.4, -0.2) is 20.6 Å². The van der Waals surface area contributed by atoms with E-state index < -0.39 is 11.8 Å². The standard InChI is InChI=1S/C33H25Cl2FN2O3/c1-2-38-19-30(27-14-13-26(34)18-28(27)35)37-32(38)16-7-21-3-8-23(9-4-21)25-12-15-31(29(36)17-25)41-20-22-5-10-24(11-6-22)33(39)40/h3-19H,2,20H2,1H3,(H,39,40). The van der Waals surface area contributed by atoms with Gasteiger partial charge in [0.25, 0.3) is 0 Å². The maximum absolute atomic E-state index is 14.8. The van der Waals surface area contributed by atoms with Gasteiger partial charge < -0.3 is 14.4 Å². The van der Waals surface area contributed by atoms with Crippen LogP contribution < -0.4 is 4.74 Å². The normalized spacial score (nSPS) is 11.2. The van der Waals surface area contributed by atoms with E-state index in [-0.39, 0.29) is 17.9 Å². The smallest absolute Gasteiger partial charge is 0.335 e. The number of halogens is 3. The Kier molecular flexibility index (Phi) is 8.53. The highest BCUT2D eigenvalue weighted by molar-refractivity contribution is 6.36. The molecule has 0 spiro atoms. The molecular weight excluding hydrogens is 562 g/mol. The Morgan fingerprint density at radius 1 is 0.951 bits per heavy atom. The van der Waals surface area contributed by atoms with Crippen molar-refractivity contribution in [2.45, 2.75) is 20.1 Å². The number of hydrogen-bond donors (Lipinski definition) is 1. The Hall–Kier alpha value is -4.39. The largest absolute Gasteiger partial charge is 0.486 e. The number of benzene rings is 4. The Bertz CT molecular complexity index is 1730. The summed E-state index contributed by atoms with van der Waals surface area (Å²) in [6.45, 7) is 2.93. The molecule has 0 aliphatic heterocycles. The van der Waals surface area contributed by atoms with Crippen LogP contribution in [0.15, 0.2) is 91.1 Å². The summed E-state index contributed by atoms with van der Waals surface area (Å²) in [5.41, 5.74) is 5.09. The number of aromatic carboxylic acids is 1. The number of rotatable bonds is 9. The lowest BCUT2D eigenvalue weighted by Crippen LogP contribution is -2.00. The highest BCUT2D eigenvalue weighted by Crippen LogP contribution is 2.31. The lowest BCUT2D eigenvalue weighted by atomic mass is 10.0. The Morgan fingerprint density at radius 3 is 2.34 bits per heavy atom. The van der Waals surface area contributed by atoms with Crippen LogP contribution in [0.4, 0.5) is 4.39 Å². The van der Waals surface area contributed by atoms with Gasteiger partial charge in [-0.25, -0.2) is 14.2 Å². The van der Waals surface area contributed by atoms with E-state index in [1.165, 1.54) is 18.2 Å². The summed E-state index contributed by atoms with van der Waals surface area (Å²) in [6, 6.07) is 24.3. The third-order valence-corrected chi connectivity index (χ3v) is 7.10. The molecule has 1 heterocycles. The zero-order valence-corrected chi connectivity index (χ0v) is 23.5. The van der Waals surface area contributed by atoms with Crippen molar-refractivity contribution in [3.8, 4) is 28.1 Å². The molecule has 4 aromatic carbocycles. The summed E-state index contributed by atoms with van der Waals surface area (Å²) >= 11 is 12.4. The van der Waals surface area contributed by atoms with Gasteiger partial charge in [0.2, 0.25) is 0 Å². The second-order valence-corrected chi connectivity index (χ2v) is 10.1. The van der Waals surface area contributed by atoms with E-state index in [1.807, 2.05) is 53.2 Å². The van der Waals surface area contributed by atoms with Gasteiger partial charge in [-0.2, -0.15) is 0 Å². The molecule has 206 valence electrons. The molecule has 0 saturated heterocycles. The average molecular weight is 587 g/mol. The summed E-state index contributed by atoms with van der Waals surface area (Å²) in [4.78, 5) is 15.7. The van der Waals surface area contributed by atoms with Gasteiger partial charge >= 0.3 is 5.97 Å². The molecule has 0 bridgehead atoms. The fourth-order valence-electron chi connectivity index (χ4n) is 4.30. The van der Waals surface area contributed by atoms with Crippen LogP contribution in [0.5, 0.6) is 5.75 Å². The number of aryl methyl sites for hydroxylation is 1. The van der Waals surface area contributed by atoms with Crippen molar-refractivity contribution in [1.82, 2.24) is 9.55 Å². The first-order chi connectivity index (χ1) is 19.8. The van der Waals surface area contributed by atoms with Crippen molar-refractivity contribution in [3.05, 3.63) is 130 Å². The second kappa shape index (κ2) is 12.4. The van der Waals surface area contributed by atoms with Crippen LogP contribution in [-0.2, 0) is 13.2 Å². The Balaban J connectivity index is 1.26. The van der Waals surface area contributed by atoms with Gasteiger partial charge in [0.15, 0.2) is 11.6 Å². The number of imidazole rings is 1. The predicted octanol–water partition coefficient (Wildman–Crippen LogP) is 9.13. The average Bonchev–Trinajstić information content (AvgIpc) is 3.39. The molecule has 41 heavy (non-hydrogen) atoms. The summed E-state index contributed by atoms with van der Waals surface area (Å²) < 4.78 is 22.5. The summed E-state index contributed by atoms with van der Waals surface area (Å²) in [7, 11) is 0. The fourth-order valence-corrected chi connectivity index (χ4v) is 4.81. The first-order valence-electron chi connectivity index (χ1n) is 12.9. The molecule has 0 atom stereocenters. The molecule has 0 radical (unpaired) electrons. The SMILES string of the molecule is CCn1cc(-c2ccc(Cl)cc2Cl)nc1C=Cc1ccc(-c2ccc(OCc3ccc(C(=O)O)cc3)c(F)c2)cc1. The highest BCUT2D eigenvalue weighted by atomic mass is 35.5. The lowest BCUT2D eigenvalue weighted by Gasteiger charge is -2.10. The molecule has 1 aromatic heterocycles. The summed E-state index contributed by atoms with van der Waals surface area (Å²) in [5, 5.41) is 10.1. The molecule has 0 saturated carbocycles. The van der Waals surface area contributed by atoms with Crippen LogP contribution >= 0.6 is 23.2 Å². The van der Waals surface area contributed by atoms with Crippen LogP contribution in [0.3, 0.4) is 0 Å². The quantitative estimate of drug-likeness (QED) is 0.187. The van der Waals surface area contributed by atoms with Crippen LogP contribution in [0.25, 0.3) is 34.5 Å². The van der Waals surface area contributed by atoms with Crippen molar-refractivity contribution in [2.75, 3.05) is 0 Å². The third-order valence-electron chi connectivity index (χ3n) is 6.55. The first-order valence-corrected chi connectivity index (χ1v) is 13.6. The van der Waals surface area contributed by atoms with Crippen molar-refractivity contribution < 1.29 is 19.0 Å². The maximum atomic E-state index is 14.8. The second-order valence-electron chi connectivity index (χ2n) is 9.29. The molecule has 0 fully saturated rings. The van der Waals surface area contributed by atoms with Gasteiger partial charge in [0, 0.05) is 23.3 Å². The number of carbonyl (C=O) groups is 1. The Labute approximate surface area is 247 Å². The minimum absolute atomic E-state index is 0.126. The maximum Gasteiger partial charge on any atom is 0.335 e. The molecule has 1 N–H and O–H groups in total. The number of carboxylic acids is 1. The molecule has 5 rings (SSSR count). The summed E-state index contributed by atoms with van der Waals surface area (Å²) in [6.07, 6.45) is 5.90. The molecule has 0 unspecified atom stereocenters. The van der Waals surface area contributed by atoms with Gasteiger partial charge in [-0.1, -0.05) is 71.7 Å². The number of ether oxygens (including phenoxy) is 1. The minimum Gasteiger partial charge on any atom is -0.486 e. The van der Waals surface area contributed by atoms with Crippen LogP contribution in [0, 0.1) is 5.82 Å². The topological polar surface area (TPSA) is 64.4 Å². The first kappa shape index (κ1) is 28.1. The van der Waals surface area contributed by atoms with Gasteiger partial charge in [-0.3, -0.25) is 0 Å². The lowest BCUT2D eigenvalue weighted by molar-refractivity contribution is 0.0697. The number of nitrogens with zero attached hydrogens (tertiary/aromatic N) is 2. The molecule has 5 aromatic rings. The zero-order chi connectivity index (χ0) is 28.9. The van der Waals surface area contributed by atoms with E-state index in [2.05, 4.69) is 6.92 Å². The van der Waals surface area contributed by atoms with Crippen LogP contribution in [0.2, 0.25) is 10.0 Å². The van der Waals surface area contributed by atoms with E-state index in [0.717, 1.165) is 45.9 Å². The highest BCUT2D eigenvalue weighted by Gasteiger charge is 2.11. The molecular formula is C33H25Cl2FN2O3. The Morgan fingerprint density at radius 2 is 1.68 bits per heavy atom. The van der Waals surface area contributed by atoms with Gasteiger partial charge in [-0.05, 0) is 77.7 Å². The molecule has 5 nitrogen and oxygen atoms in total. The van der Waals surface area contributed by atoms with Gasteiger partial charge in [-0.15, -0.1) is 0 Å². The van der Waals surface area contributed by atoms with E-state index >= 15 is 0 Å². The summed E-state index contributed by atoms with van der Waals surface area (Å²) in [5.74, 6) is -0.549. The monoisotopic (exact) mass is 586 g/mol. The number of carboxylic acid groups (broad SMARTS) is 1. The molecule has 8 heteroatoms. The van der Waals surface area contributed by atoms with Crippen molar-refractivity contribution in [2.24, 2.45) is 0 Å². The molecule has 0 amide bonds. The molecule has 0 aliphatic rings. The fraction of sp³-hybridized carbons (Fsp3) is 0.0909. The van der Waals surface area contributed by atoms with Crippen molar-refractivity contribution >= 4 is 41.3 Å². The van der Waals surface area contributed by atoms with Crippen LogP contribution in [0.1, 0.15) is 34.2 Å². The molecule has 0 aliphatic carbocycles. The zero-order valence-electron chi connectivity index (χ0n) is 22.0. The van der Waals surface area contributed by atoms with Crippen molar-refractivity contribution in [1.29, 1.82) is 0 Å². The number of aromatic nitrogens is 2. The van der Waals surface area contributed by atoms with E-state index in [9.17, 15) is 9.18 Å². The van der Waals surface area contributed by atoms with E-state index in [0.29, 0.717) is 10.0 Å².